The van der Waals surface area contributed by atoms with Crippen LogP contribution >= 0.6 is 0 Å². The highest BCUT2D eigenvalue weighted by Crippen LogP contribution is 2.24. The third-order valence-corrected chi connectivity index (χ3v) is 4.93. The predicted octanol–water partition coefficient (Wildman–Crippen LogP) is 3.07. The molecule has 1 aromatic carbocycles. The Morgan fingerprint density at radius 1 is 1.04 bits per heavy atom. The Labute approximate surface area is 149 Å². The second-order valence-corrected chi connectivity index (χ2v) is 6.64. The van der Waals surface area contributed by atoms with Crippen molar-refractivity contribution < 1.29 is 0 Å². The molecule has 2 aromatic heterocycles. The Balaban J connectivity index is 2.14. The lowest BCUT2D eigenvalue weighted by atomic mass is 10.1. The minimum atomic E-state index is 0.616. The van der Waals surface area contributed by atoms with E-state index < -0.39 is 0 Å². The first-order chi connectivity index (χ1) is 11.9. The fourth-order valence-electron chi connectivity index (χ4n) is 3.21. The second kappa shape index (κ2) is 6.88. The minimum Gasteiger partial charge on any atom is -0.383 e. The van der Waals surface area contributed by atoms with Crippen molar-refractivity contribution in [3.05, 3.63) is 35.0 Å². The van der Waals surface area contributed by atoms with Crippen LogP contribution in [-0.2, 0) is 6.54 Å². The number of hydrogen-bond donors (Lipinski definition) is 1. The van der Waals surface area contributed by atoms with Crippen LogP contribution in [0.25, 0.3) is 17.0 Å². The number of benzene rings is 1. The first-order valence-electron chi connectivity index (χ1n) is 8.97. The Morgan fingerprint density at radius 3 is 2.32 bits per heavy atom. The number of nitrogens with zero attached hydrogens (tertiary/aromatic N) is 5. The van der Waals surface area contributed by atoms with Crippen molar-refractivity contribution in [2.75, 3.05) is 25.4 Å². The van der Waals surface area contributed by atoms with Gasteiger partial charge in [0.25, 0.3) is 0 Å². The summed E-state index contributed by atoms with van der Waals surface area (Å²) in [6.45, 7) is 14.5. The van der Waals surface area contributed by atoms with E-state index in [1.165, 1.54) is 11.1 Å². The van der Waals surface area contributed by atoms with Crippen LogP contribution in [0.3, 0.4) is 0 Å². The molecular weight excluding hydrogens is 312 g/mol. The lowest BCUT2D eigenvalue weighted by Gasteiger charge is -2.19. The summed E-state index contributed by atoms with van der Waals surface area (Å²) in [7, 11) is 0. The van der Waals surface area contributed by atoms with Gasteiger partial charge < -0.3 is 15.2 Å². The van der Waals surface area contributed by atoms with Crippen molar-refractivity contribution in [1.82, 2.24) is 24.2 Å². The molecule has 0 radical (unpaired) electrons. The lowest BCUT2D eigenvalue weighted by molar-refractivity contribution is 0.291. The molecular formula is C19H28N6. The van der Waals surface area contributed by atoms with Crippen LogP contribution in [0.2, 0.25) is 0 Å². The zero-order chi connectivity index (χ0) is 18.1. The fraction of sp³-hybridized carbons (Fsp3) is 0.474. The number of likely N-dealkylation sites (N-methyl/N-ethyl adjacent to an activating group) is 1. The summed E-state index contributed by atoms with van der Waals surface area (Å²) >= 11 is 0. The molecule has 25 heavy (non-hydrogen) atoms. The molecule has 3 aromatic rings. The van der Waals surface area contributed by atoms with Crippen molar-refractivity contribution in [1.29, 1.82) is 0 Å². The molecule has 0 saturated carbocycles. The molecule has 0 amide bonds. The summed E-state index contributed by atoms with van der Waals surface area (Å²) in [6.07, 6.45) is 0. The molecule has 0 bridgehead atoms. The van der Waals surface area contributed by atoms with Crippen molar-refractivity contribution in [2.24, 2.45) is 0 Å². The first-order valence-corrected chi connectivity index (χ1v) is 8.97. The van der Waals surface area contributed by atoms with Gasteiger partial charge in [0.2, 0.25) is 5.95 Å². The molecule has 6 nitrogen and oxygen atoms in total. The highest BCUT2D eigenvalue weighted by atomic mass is 15.4. The SMILES string of the molecule is CCN(CC)CCn1c(-n2nc(C)cc2N)nc2cc(C)c(C)cc21. The molecule has 0 unspecified atom stereocenters. The number of fused-ring (bicyclic) bond motifs is 1. The van der Waals surface area contributed by atoms with Gasteiger partial charge >= 0.3 is 0 Å². The topological polar surface area (TPSA) is 64.9 Å². The van der Waals surface area contributed by atoms with E-state index >= 15 is 0 Å². The number of anilines is 1. The van der Waals surface area contributed by atoms with Crippen LogP contribution in [0, 0.1) is 20.8 Å². The first kappa shape index (κ1) is 17.5. The van der Waals surface area contributed by atoms with Gasteiger partial charge in [0.05, 0.1) is 16.7 Å². The molecule has 134 valence electrons. The maximum Gasteiger partial charge on any atom is 0.233 e. The summed E-state index contributed by atoms with van der Waals surface area (Å²) in [6, 6.07) is 6.25. The van der Waals surface area contributed by atoms with Crippen LogP contribution in [0.4, 0.5) is 5.82 Å². The highest BCUT2D eigenvalue weighted by molar-refractivity contribution is 5.79. The van der Waals surface area contributed by atoms with E-state index in [1.807, 2.05) is 13.0 Å². The number of imidazole rings is 1. The van der Waals surface area contributed by atoms with E-state index in [4.69, 9.17) is 10.7 Å². The van der Waals surface area contributed by atoms with Gasteiger partial charge in [-0.05, 0) is 57.1 Å². The second-order valence-electron chi connectivity index (χ2n) is 6.64. The standard InChI is InChI=1S/C19H28N6/c1-6-23(7-2)8-9-24-17-11-14(4)13(3)10-16(17)21-19(24)25-18(20)12-15(5)22-25/h10-12H,6-9,20H2,1-5H3. The van der Waals surface area contributed by atoms with Crippen LogP contribution < -0.4 is 5.73 Å². The summed E-state index contributed by atoms with van der Waals surface area (Å²) in [5, 5.41) is 4.54. The molecule has 0 aliphatic heterocycles. The number of aromatic nitrogens is 4. The average Bonchev–Trinajstić information content (AvgIpc) is 3.08. The molecule has 0 fully saturated rings. The Morgan fingerprint density at radius 2 is 1.72 bits per heavy atom. The van der Waals surface area contributed by atoms with Crippen molar-refractivity contribution in [3.8, 4) is 5.95 Å². The Kier molecular flexibility index (Phi) is 4.81. The smallest absolute Gasteiger partial charge is 0.233 e. The number of nitrogen functional groups attached to an aromatic ring is 1. The van der Waals surface area contributed by atoms with E-state index in [1.54, 1.807) is 4.68 Å². The van der Waals surface area contributed by atoms with Gasteiger partial charge in [-0.3, -0.25) is 0 Å². The molecule has 0 atom stereocenters. The van der Waals surface area contributed by atoms with Crippen LogP contribution in [0.15, 0.2) is 18.2 Å². The largest absolute Gasteiger partial charge is 0.383 e. The summed E-state index contributed by atoms with van der Waals surface area (Å²) < 4.78 is 3.99. The van der Waals surface area contributed by atoms with Crippen molar-refractivity contribution in [3.63, 3.8) is 0 Å². The predicted molar refractivity (Wildman–Crippen MR) is 103 cm³/mol. The number of hydrogen-bond acceptors (Lipinski definition) is 4. The highest BCUT2D eigenvalue weighted by Gasteiger charge is 2.17. The van der Waals surface area contributed by atoms with Crippen LogP contribution in [-0.4, -0.2) is 43.9 Å². The molecule has 2 N–H and O–H groups in total. The van der Waals surface area contributed by atoms with Gasteiger partial charge in [-0.1, -0.05) is 13.8 Å². The van der Waals surface area contributed by atoms with Gasteiger partial charge in [-0.25, -0.2) is 4.98 Å². The zero-order valence-electron chi connectivity index (χ0n) is 15.9. The van der Waals surface area contributed by atoms with Crippen molar-refractivity contribution in [2.45, 2.75) is 41.2 Å². The summed E-state index contributed by atoms with van der Waals surface area (Å²) in [5.41, 5.74) is 11.7. The summed E-state index contributed by atoms with van der Waals surface area (Å²) in [5.74, 6) is 1.41. The van der Waals surface area contributed by atoms with E-state index in [0.29, 0.717) is 5.82 Å². The Bertz CT molecular complexity index is 885. The van der Waals surface area contributed by atoms with Gasteiger partial charge in [-0.2, -0.15) is 9.78 Å². The molecule has 6 heteroatoms. The zero-order valence-corrected chi connectivity index (χ0v) is 15.9. The fourth-order valence-corrected chi connectivity index (χ4v) is 3.21. The van der Waals surface area contributed by atoms with Crippen LogP contribution in [0.5, 0.6) is 0 Å². The van der Waals surface area contributed by atoms with E-state index in [2.05, 4.69) is 54.4 Å². The van der Waals surface area contributed by atoms with Crippen LogP contribution in [0.1, 0.15) is 30.7 Å². The monoisotopic (exact) mass is 340 g/mol. The minimum absolute atomic E-state index is 0.616. The summed E-state index contributed by atoms with van der Waals surface area (Å²) in [4.78, 5) is 7.26. The molecule has 0 spiro atoms. The van der Waals surface area contributed by atoms with Gasteiger partial charge in [0.15, 0.2) is 0 Å². The van der Waals surface area contributed by atoms with Crippen molar-refractivity contribution >= 4 is 16.9 Å². The van der Waals surface area contributed by atoms with Gasteiger partial charge in [0, 0.05) is 19.2 Å². The number of aryl methyl sites for hydroxylation is 3. The van der Waals surface area contributed by atoms with E-state index in [-0.39, 0.29) is 0 Å². The quantitative estimate of drug-likeness (QED) is 0.749. The van der Waals surface area contributed by atoms with E-state index in [9.17, 15) is 0 Å². The Hall–Kier alpha value is -2.34. The third kappa shape index (κ3) is 3.26. The van der Waals surface area contributed by atoms with Gasteiger partial charge in [0.1, 0.15) is 5.82 Å². The van der Waals surface area contributed by atoms with E-state index in [0.717, 1.165) is 48.9 Å². The molecule has 3 rings (SSSR count). The maximum absolute atomic E-state index is 6.17. The molecule has 0 saturated heterocycles. The average molecular weight is 340 g/mol. The molecule has 2 heterocycles. The third-order valence-electron chi connectivity index (χ3n) is 4.93. The number of nitrogens with two attached hydrogens (primary N) is 1. The number of rotatable bonds is 6. The normalized spacial score (nSPS) is 11.8. The lowest BCUT2D eigenvalue weighted by Crippen LogP contribution is -2.27. The maximum atomic E-state index is 6.17. The van der Waals surface area contributed by atoms with Gasteiger partial charge in [-0.15, -0.1) is 0 Å². The molecule has 0 aliphatic rings. The molecule has 0 aliphatic carbocycles.